The van der Waals surface area contributed by atoms with Gasteiger partial charge in [-0.3, -0.25) is 9.48 Å². The Morgan fingerprint density at radius 3 is 2.60 bits per heavy atom. The van der Waals surface area contributed by atoms with E-state index in [9.17, 15) is 4.79 Å². The predicted molar refractivity (Wildman–Crippen MR) is 61.1 cm³/mol. The van der Waals surface area contributed by atoms with Gasteiger partial charge in [0.05, 0.1) is 5.52 Å². The summed E-state index contributed by atoms with van der Waals surface area (Å²) in [5.41, 5.74) is 1.49. The molecular formula is C12H14N2O. The topological polar surface area (TPSA) is 34.9 Å². The quantitative estimate of drug-likeness (QED) is 0.711. The van der Waals surface area contributed by atoms with Crippen LogP contribution in [0.15, 0.2) is 29.1 Å². The number of para-hydroxylation sites is 1. The van der Waals surface area contributed by atoms with Crippen molar-refractivity contribution >= 4 is 10.9 Å². The van der Waals surface area contributed by atoms with Crippen LogP contribution in [0.2, 0.25) is 0 Å². The molecule has 0 aliphatic heterocycles. The maximum Gasteiger partial charge on any atom is 0.210 e. The Morgan fingerprint density at radius 1 is 1.27 bits per heavy atom. The molecule has 0 bridgehead atoms. The van der Waals surface area contributed by atoms with Crippen molar-refractivity contribution in [1.29, 1.82) is 0 Å². The van der Waals surface area contributed by atoms with Crippen molar-refractivity contribution in [3.8, 4) is 0 Å². The van der Waals surface area contributed by atoms with E-state index in [0.29, 0.717) is 5.69 Å². The summed E-state index contributed by atoms with van der Waals surface area (Å²) in [7, 11) is 0. The summed E-state index contributed by atoms with van der Waals surface area (Å²) in [5.74, 6) is 0. The van der Waals surface area contributed by atoms with Crippen LogP contribution in [0.3, 0.4) is 0 Å². The lowest BCUT2D eigenvalue weighted by Gasteiger charge is -2.13. The van der Waals surface area contributed by atoms with Crippen LogP contribution in [0.25, 0.3) is 10.9 Å². The van der Waals surface area contributed by atoms with Gasteiger partial charge in [-0.1, -0.05) is 12.1 Å². The summed E-state index contributed by atoms with van der Waals surface area (Å²) in [5, 5.41) is 5.05. The van der Waals surface area contributed by atoms with Gasteiger partial charge in [0, 0.05) is 11.4 Å². The third kappa shape index (κ3) is 1.54. The molecule has 0 N–H and O–H groups in total. The molecular weight excluding hydrogens is 188 g/mol. The lowest BCUT2D eigenvalue weighted by molar-refractivity contribution is 0.536. The molecule has 15 heavy (non-hydrogen) atoms. The lowest BCUT2D eigenvalue weighted by Crippen LogP contribution is -2.17. The van der Waals surface area contributed by atoms with E-state index in [1.165, 1.54) is 0 Å². The van der Waals surface area contributed by atoms with Gasteiger partial charge >= 0.3 is 0 Å². The zero-order chi connectivity index (χ0) is 11.0. The molecule has 1 aromatic heterocycles. The molecule has 0 aliphatic rings. The van der Waals surface area contributed by atoms with Crippen LogP contribution in [0, 0.1) is 6.92 Å². The fraction of sp³-hybridized carbons (Fsp3) is 0.333. The molecule has 0 atom stereocenters. The second-order valence-corrected chi connectivity index (χ2v) is 3.97. The van der Waals surface area contributed by atoms with E-state index in [1.54, 1.807) is 6.92 Å². The van der Waals surface area contributed by atoms with Gasteiger partial charge in [-0.15, -0.1) is 0 Å². The van der Waals surface area contributed by atoms with Crippen molar-refractivity contribution in [2.45, 2.75) is 26.8 Å². The van der Waals surface area contributed by atoms with Crippen molar-refractivity contribution in [3.63, 3.8) is 0 Å². The molecule has 2 rings (SSSR count). The van der Waals surface area contributed by atoms with E-state index >= 15 is 0 Å². The van der Waals surface area contributed by atoms with Gasteiger partial charge in [0.1, 0.15) is 5.69 Å². The molecule has 0 fully saturated rings. The van der Waals surface area contributed by atoms with E-state index in [0.717, 1.165) is 10.9 Å². The van der Waals surface area contributed by atoms with Crippen LogP contribution >= 0.6 is 0 Å². The maximum atomic E-state index is 11.8. The Labute approximate surface area is 88.4 Å². The smallest absolute Gasteiger partial charge is 0.210 e. The van der Waals surface area contributed by atoms with Crippen molar-refractivity contribution in [3.05, 3.63) is 40.2 Å². The normalized spacial score (nSPS) is 11.2. The molecule has 0 spiro atoms. The van der Waals surface area contributed by atoms with Crippen LogP contribution in [0.5, 0.6) is 0 Å². The number of benzene rings is 1. The molecule has 2 aromatic rings. The highest BCUT2D eigenvalue weighted by Gasteiger charge is 2.08. The fourth-order valence-corrected chi connectivity index (χ4v) is 1.71. The first-order valence-electron chi connectivity index (χ1n) is 5.09. The van der Waals surface area contributed by atoms with Gasteiger partial charge in [-0.2, -0.15) is 5.10 Å². The van der Waals surface area contributed by atoms with E-state index in [1.807, 2.05) is 28.9 Å². The minimum atomic E-state index is 0.0301. The van der Waals surface area contributed by atoms with Crippen molar-refractivity contribution < 1.29 is 0 Å². The largest absolute Gasteiger partial charge is 0.287 e. The summed E-state index contributed by atoms with van der Waals surface area (Å²) in [4.78, 5) is 11.8. The Hall–Kier alpha value is -1.64. The average Bonchev–Trinajstić information content (AvgIpc) is 2.23. The van der Waals surface area contributed by atoms with Gasteiger partial charge in [0.25, 0.3) is 0 Å². The number of hydrogen-bond donors (Lipinski definition) is 0. The molecule has 3 nitrogen and oxygen atoms in total. The third-order valence-electron chi connectivity index (χ3n) is 2.47. The molecule has 1 heterocycles. The first-order chi connectivity index (χ1) is 7.11. The van der Waals surface area contributed by atoms with Crippen LogP contribution < -0.4 is 5.43 Å². The van der Waals surface area contributed by atoms with Gasteiger partial charge in [-0.05, 0) is 32.9 Å². The molecule has 3 heteroatoms. The second kappa shape index (κ2) is 3.50. The number of aryl methyl sites for hydroxylation is 1. The lowest BCUT2D eigenvalue weighted by atomic mass is 10.2. The van der Waals surface area contributed by atoms with Gasteiger partial charge in [0.2, 0.25) is 5.43 Å². The first kappa shape index (κ1) is 9.90. The summed E-state index contributed by atoms with van der Waals surface area (Å²) >= 11 is 0. The predicted octanol–water partition coefficient (Wildman–Crippen LogP) is 2.29. The Bertz CT molecular complexity index is 555. The number of aromatic nitrogens is 2. The summed E-state index contributed by atoms with van der Waals surface area (Å²) in [6, 6.07) is 7.86. The number of fused-ring (bicyclic) bond motifs is 1. The molecule has 1 aromatic carbocycles. The number of hydrogen-bond acceptors (Lipinski definition) is 2. The van der Waals surface area contributed by atoms with Crippen LogP contribution in [0.4, 0.5) is 0 Å². The highest BCUT2D eigenvalue weighted by Crippen LogP contribution is 2.13. The molecule has 0 aliphatic carbocycles. The highest BCUT2D eigenvalue weighted by molar-refractivity contribution is 5.78. The monoisotopic (exact) mass is 202 g/mol. The summed E-state index contributed by atoms with van der Waals surface area (Å²) < 4.78 is 1.89. The van der Waals surface area contributed by atoms with Gasteiger partial charge < -0.3 is 0 Å². The molecule has 78 valence electrons. The zero-order valence-corrected chi connectivity index (χ0v) is 9.19. The highest BCUT2D eigenvalue weighted by atomic mass is 16.1. The minimum Gasteiger partial charge on any atom is -0.287 e. The average molecular weight is 202 g/mol. The molecule has 0 saturated carbocycles. The van der Waals surface area contributed by atoms with Gasteiger partial charge in [-0.25, -0.2) is 0 Å². The first-order valence-corrected chi connectivity index (χ1v) is 5.09. The van der Waals surface area contributed by atoms with Gasteiger partial charge in [0.15, 0.2) is 0 Å². The standard InChI is InChI=1S/C12H14N2O/c1-8(2)14-11-7-5-4-6-10(11)12(15)9(3)13-14/h4-8H,1-3H3. The molecule has 0 radical (unpaired) electrons. The van der Waals surface area contributed by atoms with Crippen LogP contribution in [0.1, 0.15) is 25.6 Å². The van der Waals surface area contributed by atoms with Crippen molar-refractivity contribution in [2.75, 3.05) is 0 Å². The molecule has 0 saturated heterocycles. The fourth-order valence-electron chi connectivity index (χ4n) is 1.71. The van der Waals surface area contributed by atoms with E-state index in [4.69, 9.17) is 0 Å². The summed E-state index contributed by atoms with van der Waals surface area (Å²) in [6.45, 7) is 5.88. The molecule has 0 unspecified atom stereocenters. The van der Waals surface area contributed by atoms with E-state index in [2.05, 4.69) is 18.9 Å². The second-order valence-electron chi connectivity index (χ2n) is 3.97. The van der Waals surface area contributed by atoms with Crippen LogP contribution in [-0.2, 0) is 0 Å². The molecule has 0 amide bonds. The Kier molecular flexibility index (Phi) is 2.31. The van der Waals surface area contributed by atoms with Crippen molar-refractivity contribution in [1.82, 2.24) is 9.78 Å². The maximum absolute atomic E-state index is 11.8. The van der Waals surface area contributed by atoms with E-state index < -0.39 is 0 Å². The Balaban J connectivity index is 2.95. The number of nitrogens with zero attached hydrogens (tertiary/aromatic N) is 2. The SMILES string of the molecule is Cc1nn(C(C)C)c2ccccc2c1=O. The third-order valence-corrected chi connectivity index (χ3v) is 2.47. The van der Waals surface area contributed by atoms with Crippen LogP contribution in [-0.4, -0.2) is 9.78 Å². The summed E-state index contributed by atoms with van der Waals surface area (Å²) in [6.07, 6.45) is 0. The van der Waals surface area contributed by atoms with E-state index in [-0.39, 0.29) is 11.5 Å². The Morgan fingerprint density at radius 2 is 1.93 bits per heavy atom. The van der Waals surface area contributed by atoms with Crippen molar-refractivity contribution in [2.24, 2.45) is 0 Å². The zero-order valence-electron chi connectivity index (χ0n) is 9.19. The number of rotatable bonds is 1. The minimum absolute atomic E-state index is 0.0301.